The number of rotatable bonds is 5. The summed E-state index contributed by atoms with van der Waals surface area (Å²) in [4.78, 5) is 27.2. The summed E-state index contributed by atoms with van der Waals surface area (Å²) in [5.41, 5.74) is 0. The molecule has 0 aromatic carbocycles. The van der Waals surface area contributed by atoms with Crippen LogP contribution in [0.1, 0.15) is 13.3 Å². The second-order valence-corrected chi connectivity index (χ2v) is 5.21. The summed E-state index contributed by atoms with van der Waals surface area (Å²) in [6.07, 6.45) is 1.68. The summed E-state index contributed by atoms with van der Waals surface area (Å²) in [5.74, 6) is 0. The van der Waals surface area contributed by atoms with Gasteiger partial charge in [0, 0.05) is 0 Å². The van der Waals surface area contributed by atoms with Crippen LogP contribution in [-0.2, 0) is 4.52 Å². The van der Waals surface area contributed by atoms with Gasteiger partial charge in [0.25, 0.3) is 0 Å². The molecular formula is C6H15O4P. The van der Waals surface area contributed by atoms with Crippen LogP contribution < -0.4 is 0 Å². The molecule has 0 fully saturated rings. The molecule has 0 unspecified atom stereocenters. The fourth-order valence-electron chi connectivity index (χ4n) is 0.661. The van der Waals surface area contributed by atoms with Crippen LogP contribution in [0.25, 0.3) is 0 Å². The molecule has 0 amide bonds. The maximum absolute atomic E-state index is 9.08. The molecule has 0 aliphatic rings. The minimum absolute atomic E-state index is 0.0542. The van der Waals surface area contributed by atoms with Crippen molar-refractivity contribution in [3.05, 3.63) is 12.7 Å². The third-order valence-corrected chi connectivity index (χ3v) is 2.98. The van der Waals surface area contributed by atoms with Crippen LogP contribution in [0.3, 0.4) is 0 Å². The van der Waals surface area contributed by atoms with Gasteiger partial charge < -0.3 is 0 Å². The van der Waals surface area contributed by atoms with E-state index in [0.717, 1.165) is 0 Å². The van der Waals surface area contributed by atoms with E-state index in [1.165, 1.54) is 6.08 Å². The van der Waals surface area contributed by atoms with Gasteiger partial charge in [-0.1, -0.05) is 0 Å². The van der Waals surface area contributed by atoms with Crippen molar-refractivity contribution in [3.8, 4) is 0 Å². The van der Waals surface area contributed by atoms with Gasteiger partial charge in [0.1, 0.15) is 0 Å². The molecule has 0 aromatic heterocycles. The minimum atomic E-state index is -4.75. The first-order chi connectivity index (χ1) is 4.89. The van der Waals surface area contributed by atoms with E-state index >= 15 is 0 Å². The van der Waals surface area contributed by atoms with Crippen LogP contribution in [0.4, 0.5) is 0 Å². The molecule has 0 aliphatic carbocycles. The molecule has 5 heteroatoms. The van der Waals surface area contributed by atoms with Crippen LogP contribution in [0.15, 0.2) is 12.7 Å². The van der Waals surface area contributed by atoms with Crippen LogP contribution in [0.2, 0.25) is 0 Å². The molecule has 0 heterocycles. The Morgan fingerprint density at radius 1 is 1.45 bits per heavy atom. The molecule has 0 saturated heterocycles. The van der Waals surface area contributed by atoms with Crippen molar-refractivity contribution in [2.24, 2.45) is 0 Å². The standard InChI is InChI=1S/C6H15O4P/c1-3-5-10-11(7,8,9)6-4-2/h3,7-9H,1,4-6H2,2H3. The molecule has 0 rings (SSSR count). The van der Waals surface area contributed by atoms with E-state index < -0.39 is 7.51 Å². The molecule has 0 aromatic rings. The Morgan fingerprint density at radius 3 is 2.36 bits per heavy atom. The molecule has 0 radical (unpaired) electrons. The van der Waals surface area contributed by atoms with Crippen LogP contribution >= 0.6 is 7.51 Å². The molecule has 0 spiro atoms. The molecule has 0 bridgehead atoms. The van der Waals surface area contributed by atoms with Crippen molar-refractivity contribution in [2.45, 2.75) is 13.3 Å². The van der Waals surface area contributed by atoms with E-state index in [2.05, 4.69) is 11.1 Å². The van der Waals surface area contributed by atoms with Crippen molar-refractivity contribution in [1.82, 2.24) is 0 Å². The molecule has 68 valence electrons. The van der Waals surface area contributed by atoms with Gasteiger partial charge in [0.15, 0.2) is 0 Å². The van der Waals surface area contributed by atoms with E-state index in [1.807, 2.05) is 0 Å². The summed E-state index contributed by atoms with van der Waals surface area (Å²) in [5, 5.41) is 0. The normalized spacial score (nSPS) is 15.5. The first-order valence-electron chi connectivity index (χ1n) is 3.41. The fraction of sp³-hybridized carbons (Fsp3) is 0.667. The molecule has 11 heavy (non-hydrogen) atoms. The first kappa shape index (κ1) is 11.0. The van der Waals surface area contributed by atoms with Gasteiger partial charge >= 0.3 is 65.5 Å². The summed E-state index contributed by atoms with van der Waals surface area (Å²) in [7, 11) is -4.75. The summed E-state index contributed by atoms with van der Waals surface area (Å²) >= 11 is 0. The van der Waals surface area contributed by atoms with Gasteiger partial charge in [-0.15, -0.1) is 0 Å². The molecule has 0 saturated carbocycles. The topological polar surface area (TPSA) is 69.9 Å². The van der Waals surface area contributed by atoms with Crippen molar-refractivity contribution in [2.75, 3.05) is 12.8 Å². The average Bonchev–Trinajstić information content (AvgIpc) is 1.83. The molecular weight excluding hydrogens is 167 g/mol. The third kappa shape index (κ3) is 5.30. The summed E-state index contributed by atoms with van der Waals surface area (Å²) in [6, 6.07) is 0. The van der Waals surface area contributed by atoms with E-state index in [1.54, 1.807) is 6.92 Å². The molecule has 3 N–H and O–H groups in total. The second-order valence-electron chi connectivity index (χ2n) is 2.37. The Labute approximate surface area is 66.4 Å². The SMILES string of the molecule is C=CCOP(O)(O)(O)CCC. The van der Waals surface area contributed by atoms with Gasteiger partial charge in [-0.25, -0.2) is 0 Å². The average molecular weight is 182 g/mol. The fourth-order valence-corrected chi connectivity index (χ4v) is 1.98. The van der Waals surface area contributed by atoms with Crippen molar-refractivity contribution in [1.29, 1.82) is 0 Å². The van der Waals surface area contributed by atoms with Crippen molar-refractivity contribution in [3.63, 3.8) is 0 Å². The van der Waals surface area contributed by atoms with Crippen LogP contribution in [0.5, 0.6) is 0 Å². The monoisotopic (exact) mass is 182 g/mol. The maximum atomic E-state index is 9.08. The van der Waals surface area contributed by atoms with Gasteiger partial charge in [0.2, 0.25) is 0 Å². The Balaban J connectivity index is 4.01. The van der Waals surface area contributed by atoms with Gasteiger partial charge in [-0.3, -0.25) is 0 Å². The number of hydrogen-bond acceptors (Lipinski definition) is 4. The second kappa shape index (κ2) is 3.61. The zero-order valence-electron chi connectivity index (χ0n) is 6.60. The number of hydrogen-bond donors (Lipinski definition) is 3. The van der Waals surface area contributed by atoms with Crippen molar-refractivity contribution >= 4 is 7.51 Å². The zero-order chi connectivity index (χ0) is 8.98. The molecule has 0 atom stereocenters. The molecule has 0 aliphatic heterocycles. The quantitative estimate of drug-likeness (QED) is 0.434. The zero-order valence-corrected chi connectivity index (χ0v) is 7.50. The van der Waals surface area contributed by atoms with Gasteiger partial charge in [-0.05, 0) is 0 Å². The summed E-state index contributed by atoms with van der Waals surface area (Å²) < 4.78 is 4.49. The van der Waals surface area contributed by atoms with Gasteiger partial charge in [0.05, 0.1) is 0 Å². The van der Waals surface area contributed by atoms with E-state index in [-0.39, 0.29) is 12.8 Å². The summed E-state index contributed by atoms with van der Waals surface area (Å²) in [6.45, 7) is 4.99. The van der Waals surface area contributed by atoms with E-state index in [4.69, 9.17) is 14.7 Å². The van der Waals surface area contributed by atoms with Crippen molar-refractivity contribution < 1.29 is 19.2 Å². The Bertz CT molecular complexity index is 137. The third-order valence-electron chi connectivity index (χ3n) is 1.07. The predicted molar refractivity (Wildman–Crippen MR) is 44.9 cm³/mol. The van der Waals surface area contributed by atoms with Crippen LogP contribution in [-0.4, -0.2) is 27.4 Å². The van der Waals surface area contributed by atoms with E-state index in [0.29, 0.717) is 6.42 Å². The Morgan fingerprint density at radius 2 is 2.00 bits per heavy atom. The molecule has 4 nitrogen and oxygen atoms in total. The van der Waals surface area contributed by atoms with E-state index in [9.17, 15) is 0 Å². The van der Waals surface area contributed by atoms with Gasteiger partial charge in [-0.2, -0.15) is 0 Å². The Kier molecular flexibility index (Phi) is 3.61. The first-order valence-corrected chi connectivity index (χ1v) is 5.61. The Hall–Kier alpha value is 0.0100. The van der Waals surface area contributed by atoms with Crippen LogP contribution in [0, 0.1) is 0 Å². The predicted octanol–water partition coefficient (Wildman–Crippen LogP) is 0.789.